The number of ether oxygens (including phenoxy) is 8. The Morgan fingerprint density at radius 1 is 0.595 bits per heavy atom. The van der Waals surface area contributed by atoms with Gasteiger partial charge in [0.25, 0.3) is 0 Å². The average molecular weight is 1060 g/mol. The van der Waals surface area contributed by atoms with Gasteiger partial charge in [0.05, 0.1) is 55.8 Å². The van der Waals surface area contributed by atoms with Crippen molar-refractivity contribution in [2.75, 3.05) is 19.8 Å². The lowest BCUT2D eigenvalue weighted by Gasteiger charge is -2.72. The predicted molar refractivity (Wildman–Crippen MR) is 252 cm³/mol. The standard InChI is InChI=1S/C52H84O22/c1-21-30(58)32(60)34(62)43(69-21)72-38-28(57)19-67-42(36(38)64)71-37-22(2)70-44(35(63)33(37)61)73-39-31(59)27(56)18-68-45(39)74-46(66)52-13-11-47(3,4)15-24(52)23-9-10-29-48(5)16-26(55)41(65)49(6,20-53)40(48)25(54)17-51(29,8)50(23,7)12-14-52/h9,21-22,24-45,53-65H,10-20H2,1-8H3. The lowest BCUT2D eigenvalue weighted by atomic mass is 9.33. The fourth-order valence-electron chi connectivity index (χ4n) is 16.1. The number of aliphatic hydroxyl groups excluding tert-OH is 13. The second kappa shape index (κ2) is 20.2. The summed E-state index contributed by atoms with van der Waals surface area (Å²) in [5.41, 5.74) is -2.99. The van der Waals surface area contributed by atoms with Gasteiger partial charge in [0.2, 0.25) is 6.29 Å². The number of hydrogen-bond donors (Lipinski definition) is 13. The first-order chi connectivity index (χ1) is 34.5. The smallest absolute Gasteiger partial charge is 0.315 e. The van der Waals surface area contributed by atoms with E-state index in [4.69, 9.17) is 37.9 Å². The van der Waals surface area contributed by atoms with Gasteiger partial charge in [-0.3, -0.25) is 4.79 Å². The summed E-state index contributed by atoms with van der Waals surface area (Å²) in [6, 6.07) is 0. The van der Waals surface area contributed by atoms with Gasteiger partial charge in [-0.15, -0.1) is 0 Å². The second-order valence-electron chi connectivity index (χ2n) is 25.5. The molecule has 4 aliphatic heterocycles. The van der Waals surface area contributed by atoms with E-state index in [9.17, 15) is 66.4 Å². The number of rotatable bonds is 9. The van der Waals surface area contributed by atoms with Crippen molar-refractivity contribution in [1.29, 1.82) is 0 Å². The first-order valence-corrected chi connectivity index (χ1v) is 26.7. The molecular formula is C52H84O22. The zero-order valence-electron chi connectivity index (χ0n) is 43.7. The van der Waals surface area contributed by atoms with Gasteiger partial charge in [0, 0.05) is 11.3 Å². The molecule has 0 amide bonds. The molecule has 4 saturated carbocycles. The lowest BCUT2D eigenvalue weighted by molar-refractivity contribution is -0.377. The molecule has 29 unspecified atom stereocenters. The van der Waals surface area contributed by atoms with Gasteiger partial charge in [-0.25, -0.2) is 0 Å². The largest absolute Gasteiger partial charge is 0.432 e. The fourth-order valence-corrected chi connectivity index (χ4v) is 16.1. The van der Waals surface area contributed by atoms with E-state index in [2.05, 4.69) is 40.7 Å². The maximum absolute atomic E-state index is 15.2. The van der Waals surface area contributed by atoms with E-state index in [0.29, 0.717) is 44.9 Å². The van der Waals surface area contributed by atoms with Crippen molar-refractivity contribution in [1.82, 2.24) is 0 Å². The van der Waals surface area contributed by atoms with Crippen LogP contribution in [0.2, 0.25) is 0 Å². The van der Waals surface area contributed by atoms with Crippen LogP contribution in [0.15, 0.2) is 11.6 Å². The number of allylic oxidation sites excluding steroid dienone is 2. The number of hydrogen-bond acceptors (Lipinski definition) is 22. The van der Waals surface area contributed by atoms with Crippen LogP contribution in [0.4, 0.5) is 0 Å². The molecule has 9 rings (SSSR count). The molecule has 22 nitrogen and oxygen atoms in total. The molecule has 0 radical (unpaired) electrons. The molecule has 0 aromatic heterocycles. The molecule has 4 heterocycles. The van der Waals surface area contributed by atoms with Crippen molar-refractivity contribution < 1.29 is 109 Å². The molecule has 0 aromatic carbocycles. The van der Waals surface area contributed by atoms with Gasteiger partial charge in [-0.05, 0) is 98.7 Å². The highest BCUT2D eigenvalue weighted by molar-refractivity contribution is 5.79. The van der Waals surface area contributed by atoms with Crippen molar-refractivity contribution >= 4 is 5.97 Å². The third-order valence-corrected chi connectivity index (χ3v) is 20.6. The Morgan fingerprint density at radius 2 is 1.19 bits per heavy atom. The third-order valence-electron chi connectivity index (χ3n) is 20.6. The number of fused-ring (bicyclic) bond motifs is 7. The van der Waals surface area contributed by atoms with Gasteiger partial charge < -0.3 is 104 Å². The number of carbonyl (C=O) groups is 1. The highest BCUT2D eigenvalue weighted by Crippen LogP contribution is 2.76. The molecule has 0 spiro atoms. The highest BCUT2D eigenvalue weighted by atomic mass is 16.8. The summed E-state index contributed by atoms with van der Waals surface area (Å²) in [6.45, 7) is 14.2. The number of aliphatic hydroxyl groups is 13. The van der Waals surface area contributed by atoms with E-state index in [0.717, 1.165) is 5.57 Å². The molecule has 8 fully saturated rings. The molecule has 0 bridgehead atoms. The molecule has 29 atom stereocenters. The first kappa shape index (κ1) is 57.1. The Kier molecular flexibility index (Phi) is 15.6. The topological polar surface area (TPSA) is 354 Å². The van der Waals surface area contributed by atoms with Gasteiger partial charge in [0.15, 0.2) is 25.0 Å². The second-order valence-corrected chi connectivity index (χ2v) is 25.5. The van der Waals surface area contributed by atoms with Crippen LogP contribution in [0.1, 0.15) is 107 Å². The van der Waals surface area contributed by atoms with Crippen molar-refractivity contribution in [2.45, 2.75) is 236 Å². The maximum atomic E-state index is 15.2. The van der Waals surface area contributed by atoms with Crippen LogP contribution in [-0.4, -0.2) is 221 Å². The highest BCUT2D eigenvalue weighted by Gasteiger charge is 2.73. The Labute approximate surface area is 431 Å². The molecule has 9 aliphatic rings. The summed E-state index contributed by atoms with van der Waals surface area (Å²) in [7, 11) is 0. The summed E-state index contributed by atoms with van der Waals surface area (Å²) in [6.07, 6.45) is -25.4. The molecule has 4 saturated heterocycles. The van der Waals surface area contributed by atoms with E-state index in [1.807, 2.05) is 0 Å². The van der Waals surface area contributed by atoms with Crippen molar-refractivity contribution in [3.8, 4) is 0 Å². The molecular weight excluding hydrogens is 977 g/mol. The lowest BCUT2D eigenvalue weighted by Crippen LogP contribution is -2.71. The van der Waals surface area contributed by atoms with Gasteiger partial charge in [0.1, 0.15) is 67.1 Å². The summed E-state index contributed by atoms with van der Waals surface area (Å²) >= 11 is 0. The SMILES string of the molecule is CC1OC(OC2C(O)COC(OC3C(C)OC(OC4C(OC(=O)C56CCC(C)(C)CC5C5=CCC7C8(C)CC(O)C(O)C(C)(CO)C8C(O)CC7(C)C5(C)CC6)OCC(O)C4O)C(O)C3O)C2O)C(O)C(O)C1O. The average Bonchev–Trinajstić information content (AvgIpc) is 3.33. The van der Waals surface area contributed by atoms with Crippen LogP contribution in [0, 0.1) is 50.2 Å². The third kappa shape index (κ3) is 8.98. The Balaban J connectivity index is 0.913. The molecule has 74 heavy (non-hydrogen) atoms. The van der Waals surface area contributed by atoms with Crippen LogP contribution in [-0.2, 0) is 42.7 Å². The fraction of sp³-hybridized carbons (Fsp3) is 0.942. The summed E-state index contributed by atoms with van der Waals surface area (Å²) < 4.78 is 47.0. The van der Waals surface area contributed by atoms with E-state index >= 15 is 4.79 Å². The quantitative estimate of drug-likeness (QED) is 0.0896. The van der Waals surface area contributed by atoms with Gasteiger partial charge in [-0.1, -0.05) is 53.2 Å². The molecule has 424 valence electrons. The Bertz CT molecular complexity index is 2060. The first-order valence-electron chi connectivity index (χ1n) is 26.7. The van der Waals surface area contributed by atoms with E-state index in [1.165, 1.54) is 13.8 Å². The monoisotopic (exact) mass is 1060 g/mol. The van der Waals surface area contributed by atoms with Crippen LogP contribution < -0.4 is 0 Å². The van der Waals surface area contributed by atoms with Crippen molar-refractivity contribution in [3.05, 3.63) is 11.6 Å². The Hall–Kier alpha value is -1.59. The minimum absolute atomic E-state index is 0.0495. The van der Waals surface area contributed by atoms with Crippen LogP contribution >= 0.6 is 0 Å². The zero-order valence-corrected chi connectivity index (χ0v) is 43.7. The number of carbonyl (C=O) groups excluding carboxylic acids is 1. The molecule has 22 heteroatoms. The van der Waals surface area contributed by atoms with Crippen LogP contribution in [0.5, 0.6) is 0 Å². The van der Waals surface area contributed by atoms with E-state index in [1.54, 1.807) is 6.92 Å². The summed E-state index contributed by atoms with van der Waals surface area (Å²) in [5, 5.41) is 144. The number of esters is 1. The van der Waals surface area contributed by atoms with Crippen LogP contribution in [0.25, 0.3) is 0 Å². The van der Waals surface area contributed by atoms with Crippen LogP contribution in [0.3, 0.4) is 0 Å². The van der Waals surface area contributed by atoms with Gasteiger partial charge in [-0.2, -0.15) is 0 Å². The normalized spacial score (nSPS) is 56.4. The molecule has 0 aromatic rings. The van der Waals surface area contributed by atoms with Crippen molar-refractivity contribution in [2.24, 2.45) is 50.2 Å². The minimum Gasteiger partial charge on any atom is -0.432 e. The predicted octanol–water partition coefficient (Wildman–Crippen LogP) is -1.79. The molecule has 13 N–H and O–H groups in total. The maximum Gasteiger partial charge on any atom is 0.315 e. The van der Waals surface area contributed by atoms with Crippen molar-refractivity contribution in [3.63, 3.8) is 0 Å². The van der Waals surface area contributed by atoms with E-state index in [-0.39, 0.29) is 23.7 Å². The van der Waals surface area contributed by atoms with Gasteiger partial charge >= 0.3 is 5.97 Å². The molecule has 5 aliphatic carbocycles. The van der Waals surface area contributed by atoms with E-state index < -0.39 is 188 Å². The Morgan fingerprint density at radius 3 is 1.86 bits per heavy atom. The minimum atomic E-state index is -1.92. The summed E-state index contributed by atoms with van der Waals surface area (Å²) in [4.78, 5) is 15.2. The zero-order chi connectivity index (χ0) is 54.2. The summed E-state index contributed by atoms with van der Waals surface area (Å²) in [5.74, 6) is -1.45.